The highest BCUT2D eigenvalue weighted by Gasteiger charge is 2.19. The van der Waals surface area contributed by atoms with Crippen molar-refractivity contribution in [1.29, 1.82) is 0 Å². The number of benzene rings is 2. The Kier molecular flexibility index (Phi) is 12.8. The van der Waals surface area contributed by atoms with Crippen molar-refractivity contribution in [2.45, 2.75) is 53.2 Å². The number of rotatable bonds is 1. The van der Waals surface area contributed by atoms with Gasteiger partial charge in [-0.05, 0) is 94.3 Å². The summed E-state index contributed by atoms with van der Waals surface area (Å²) in [5.74, 6) is 0. The Morgan fingerprint density at radius 2 is 1.67 bits per heavy atom. The van der Waals surface area contributed by atoms with E-state index in [1.54, 1.807) is 12.5 Å². The van der Waals surface area contributed by atoms with E-state index in [-0.39, 0.29) is 21.1 Å². The van der Waals surface area contributed by atoms with Crippen LogP contribution in [0.2, 0.25) is 10.0 Å². The average molecular weight is 663 g/mol. The summed E-state index contributed by atoms with van der Waals surface area (Å²) < 4.78 is 14.4. The molecule has 0 amide bonds. The van der Waals surface area contributed by atoms with E-state index < -0.39 is 0 Å². The first-order chi connectivity index (χ1) is 16.6. The summed E-state index contributed by atoms with van der Waals surface area (Å²) in [5, 5.41) is 14.6. The molecule has 1 atom stereocenters. The number of allylic oxidation sites excluding steroid dienone is 1. The van der Waals surface area contributed by atoms with E-state index in [0.717, 1.165) is 56.8 Å². The van der Waals surface area contributed by atoms with E-state index in [9.17, 15) is 0 Å². The molecule has 1 N–H and O–H groups in total. The van der Waals surface area contributed by atoms with Gasteiger partial charge in [0.1, 0.15) is 0 Å². The van der Waals surface area contributed by atoms with Gasteiger partial charge in [0.25, 0.3) is 0 Å². The number of ether oxygens (including phenoxy) is 2. The molecule has 1 fully saturated rings. The number of nitrogens with one attached hydrogen (secondary N) is 1. The number of halogens is 4. The lowest BCUT2D eigenvalue weighted by molar-refractivity contribution is -0.0366. The lowest BCUT2D eigenvalue weighted by Gasteiger charge is -2.23. The maximum absolute atomic E-state index is 6.07. The molecule has 0 aliphatic carbocycles. The summed E-state index contributed by atoms with van der Waals surface area (Å²) in [7, 11) is 0. The Morgan fingerprint density at radius 1 is 0.917 bits per heavy atom. The van der Waals surface area contributed by atoms with Crippen LogP contribution in [0.3, 0.4) is 0 Å². The Morgan fingerprint density at radius 3 is 2.28 bits per heavy atom. The van der Waals surface area contributed by atoms with Crippen LogP contribution >= 0.6 is 55.1 Å². The van der Waals surface area contributed by atoms with Crippen molar-refractivity contribution in [1.82, 2.24) is 20.0 Å². The van der Waals surface area contributed by atoms with E-state index in [1.165, 1.54) is 19.3 Å². The second-order valence-corrected chi connectivity index (χ2v) is 10.2. The molecule has 0 bridgehead atoms. The van der Waals surface area contributed by atoms with Crippen molar-refractivity contribution in [2.24, 2.45) is 0 Å². The Labute approximate surface area is 239 Å². The molecule has 6 nitrogen and oxygen atoms in total. The zero-order chi connectivity index (χ0) is 23.9. The molecule has 2 aromatic carbocycles. The van der Waals surface area contributed by atoms with Gasteiger partial charge in [0.15, 0.2) is 6.23 Å². The smallest absolute Gasteiger partial charge is 0.150 e. The van der Waals surface area contributed by atoms with E-state index in [1.807, 2.05) is 41.2 Å². The van der Waals surface area contributed by atoms with Gasteiger partial charge >= 0.3 is 0 Å². The van der Waals surface area contributed by atoms with Crippen LogP contribution in [0.1, 0.15) is 53.2 Å². The van der Waals surface area contributed by atoms with Gasteiger partial charge in [-0.2, -0.15) is 10.2 Å². The minimum Gasteiger partial charge on any atom is -0.502 e. The molecule has 2 aliphatic rings. The summed E-state index contributed by atoms with van der Waals surface area (Å²) in [6.07, 6.45) is 13.2. The molecule has 0 radical (unpaired) electrons. The van der Waals surface area contributed by atoms with Gasteiger partial charge in [0.2, 0.25) is 0 Å². The predicted octanol–water partition coefficient (Wildman–Crippen LogP) is 9.71. The van der Waals surface area contributed by atoms with Gasteiger partial charge in [0, 0.05) is 26.3 Å². The third-order valence-electron chi connectivity index (χ3n) is 5.43. The largest absolute Gasteiger partial charge is 0.502 e. The third kappa shape index (κ3) is 7.48. The minimum absolute atomic E-state index is 0. The van der Waals surface area contributed by atoms with Crippen LogP contribution in [0.25, 0.3) is 21.8 Å². The highest BCUT2D eigenvalue weighted by atomic mass is 79.9. The molecule has 6 rings (SSSR count). The lowest BCUT2D eigenvalue weighted by atomic mass is 10.2. The van der Waals surface area contributed by atoms with Gasteiger partial charge in [-0.1, -0.05) is 38.1 Å². The van der Waals surface area contributed by atoms with E-state index in [4.69, 9.17) is 32.7 Å². The second-order valence-electron chi connectivity index (χ2n) is 7.78. The normalized spacial score (nSPS) is 16.5. The van der Waals surface area contributed by atoms with Crippen molar-refractivity contribution in [3.05, 3.63) is 68.0 Å². The van der Waals surface area contributed by atoms with Gasteiger partial charge < -0.3 is 9.47 Å². The number of aromatic nitrogens is 4. The molecule has 4 heterocycles. The summed E-state index contributed by atoms with van der Waals surface area (Å²) in [4.78, 5) is 0. The zero-order valence-electron chi connectivity index (χ0n) is 18.3. The van der Waals surface area contributed by atoms with Gasteiger partial charge in [-0.15, -0.1) is 0 Å². The van der Waals surface area contributed by atoms with E-state index in [0.29, 0.717) is 10.0 Å². The van der Waals surface area contributed by atoms with Gasteiger partial charge in [-0.3, -0.25) is 5.10 Å². The maximum Gasteiger partial charge on any atom is 0.150 e. The summed E-state index contributed by atoms with van der Waals surface area (Å²) in [5.41, 5.74) is 2.05. The van der Waals surface area contributed by atoms with Crippen LogP contribution < -0.4 is 0 Å². The first kappa shape index (κ1) is 30.6. The standard InChI is InChI=1S/C12H12BrClN2O.C7H4BrClN2.C5H8O.2CH4/c13-12-8-7-15-16(10(8)5-4-9(12)14)11-3-1-2-6-17-11;8-7-4-3-10-11-6(4)2-1-5(7)9;1-2-4-6-5-3-1;;/h4-5,7,11H,1-3,6H2;1-3H,(H,10,11);2,4H,1,3,5H2;2*1H4. The molecule has 0 spiro atoms. The predicted molar refractivity (Wildman–Crippen MR) is 158 cm³/mol. The fourth-order valence-electron chi connectivity index (χ4n) is 3.65. The molecular weight excluding hydrogens is 631 g/mol. The second kappa shape index (κ2) is 15.0. The van der Waals surface area contributed by atoms with Crippen molar-refractivity contribution in [2.75, 3.05) is 13.2 Å². The Balaban J connectivity index is 0.000000207. The van der Waals surface area contributed by atoms with Crippen molar-refractivity contribution in [3.63, 3.8) is 0 Å². The first-order valence-corrected chi connectivity index (χ1v) is 13.4. The minimum atomic E-state index is 0. The molecule has 36 heavy (non-hydrogen) atoms. The topological polar surface area (TPSA) is 65.0 Å². The van der Waals surface area contributed by atoms with Gasteiger partial charge in [-0.25, -0.2) is 4.68 Å². The number of fused-ring (bicyclic) bond motifs is 2. The van der Waals surface area contributed by atoms with Crippen molar-refractivity contribution in [3.8, 4) is 0 Å². The maximum atomic E-state index is 6.07. The molecule has 10 heteroatoms. The van der Waals surface area contributed by atoms with Crippen molar-refractivity contribution >= 4 is 76.9 Å². The number of aromatic amines is 1. The van der Waals surface area contributed by atoms with Crippen LogP contribution in [0.4, 0.5) is 0 Å². The summed E-state index contributed by atoms with van der Waals surface area (Å²) >= 11 is 18.8. The molecule has 2 aliphatic heterocycles. The van der Waals surface area contributed by atoms with Crippen LogP contribution in [0.15, 0.2) is 57.9 Å². The fourth-order valence-corrected chi connectivity index (χ4v) is 4.87. The number of hydrogen-bond donors (Lipinski definition) is 1. The zero-order valence-corrected chi connectivity index (χ0v) is 23.0. The SMILES string of the molecule is C.C.C1=COCCC1.Clc1ccc2[nH]ncc2c1Br.Clc1ccc2c(cnn2C2CCCCO2)c1Br. The molecule has 2 aromatic heterocycles. The van der Waals surface area contributed by atoms with Crippen LogP contribution in [0, 0.1) is 0 Å². The van der Waals surface area contributed by atoms with E-state index >= 15 is 0 Å². The molecule has 1 saturated heterocycles. The highest BCUT2D eigenvalue weighted by molar-refractivity contribution is 9.11. The number of nitrogens with zero attached hydrogens (tertiary/aromatic N) is 3. The van der Waals surface area contributed by atoms with E-state index in [2.05, 4.69) is 47.2 Å². The van der Waals surface area contributed by atoms with Crippen LogP contribution in [-0.2, 0) is 9.47 Å². The molecular formula is C26H32Br2Cl2N4O2. The number of H-pyrrole nitrogens is 1. The molecule has 4 aromatic rings. The Hall–Kier alpha value is -1.58. The number of hydrogen-bond acceptors (Lipinski definition) is 4. The summed E-state index contributed by atoms with van der Waals surface area (Å²) in [6.45, 7) is 1.73. The highest BCUT2D eigenvalue weighted by Crippen LogP contribution is 2.33. The average Bonchev–Trinajstić information content (AvgIpc) is 3.54. The van der Waals surface area contributed by atoms with Gasteiger partial charge in [0.05, 0.1) is 46.3 Å². The first-order valence-electron chi connectivity index (χ1n) is 11.0. The van der Waals surface area contributed by atoms with Crippen LogP contribution in [0.5, 0.6) is 0 Å². The monoisotopic (exact) mass is 660 g/mol. The fraction of sp³-hybridized carbons (Fsp3) is 0.385. The van der Waals surface area contributed by atoms with Crippen molar-refractivity contribution < 1.29 is 9.47 Å². The lowest BCUT2D eigenvalue weighted by Crippen LogP contribution is -2.18. The Bertz CT molecular complexity index is 1260. The third-order valence-corrected chi connectivity index (χ3v) is 8.23. The quantitative estimate of drug-likeness (QED) is 0.220. The van der Waals surface area contributed by atoms with Crippen LogP contribution in [-0.4, -0.2) is 33.2 Å². The molecule has 1 unspecified atom stereocenters. The summed E-state index contributed by atoms with van der Waals surface area (Å²) in [6, 6.07) is 7.60. The molecule has 0 saturated carbocycles. The molecule has 196 valence electrons.